The first-order valence-corrected chi connectivity index (χ1v) is 8.72. The van der Waals surface area contributed by atoms with E-state index in [0.29, 0.717) is 22.2 Å². The fraction of sp³-hybridized carbons (Fsp3) is 0.316. The van der Waals surface area contributed by atoms with Crippen molar-refractivity contribution < 1.29 is 9.90 Å². The van der Waals surface area contributed by atoms with Gasteiger partial charge in [-0.1, -0.05) is 47.5 Å². The molecule has 3 nitrogen and oxygen atoms in total. The zero-order valence-electron chi connectivity index (χ0n) is 13.4. The molecule has 2 aromatic rings. The molecule has 0 bridgehead atoms. The molecule has 1 amide bonds. The van der Waals surface area contributed by atoms with E-state index in [2.05, 4.69) is 0 Å². The monoisotopic (exact) mass is 363 g/mol. The van der Waals surface area contributed by atoms with Crippen molar-refractivity contribution >= 4 is 29.1 Å². The Balaban J connectivity index is 1.84. The molecular weight excluding hydrogens is 345 g/mol. The van der Waals surface area contributed by atoms with Gasteiger partial charge in [0.25, 0.3) is 0 Å². The van der Waals surface area contributed by atoms with Gasteiger partial charge in [-0.3, -0.25) is 4.79 Å². The number of carbonyl (C=O) groups excluding carboxylic acids is 1. The Morgan fingerprint density at radius 1 is 1.21 bits per heavy atom. The van der Waals surface area contributed by atoms with Gasteiger partial charge in [0.05, 0.1) is 19.1 Å². The lowest BCUT2D eigenvalue weighted by Crippen LogP contribution is -2.40. The van der Waals surface area contributed by atoms with Crippen LogP contribution in [0.3, 0.4) is 0 Å². The number of carbonyl (C=O) groups is 1. The van der Waals surface area contributed by atoms with Gasteiger partial charge in [0.1, 0.15) is 0 Å². The van der Waals surface area contributed by atoms with Crippen LogP contribution in [0.5, 0.6) is 0 Å². The molecule has 1 N–H and O–H groups in total. The molecule has 0 spiro atoms. The molecule has 2 aromatic carbocycles. The van der Waals surface area contributed by atoms with E-state index in [1.165, 1.54) is 0 Å². The quantitative estimate of drug-likeness (QED) is 0.888. The third kappa shape index (κ3) is 3.16. The summed E-state index contributed by atoms with van der Waals surface area (Å²) >= 11 is 12.4. The van der Waals surface area contributed by atoms with Crippen LogP contribution in [0.1, 0.15) is 35.2 Å². The zero-order chi connectivity index (χ0) is 17.3. The van der Waals surface area contributed by atoms with Crippen LogP contribution < -0.4 is 0 Å². The van der Waals surface area contributed by atoms with Gasteiger partial charge in [0.2, 0.25) is 5.91 Å². The lowest BCUT2D eigenvalue weighted by atomic mass is 9.89. The number of fused-ring (bicyclic) bond motifs is 1. The number of aliphatic hydroxyl groups excluding tert-OH is 1. The fourth-order valence-corrected chi connectivity index (χ4v) is 3.92. The molecule has 5 heteroatoms. The molecule has 1 aliphatic heterocycles. The predicted octanol–water partition coefficient (Wildman–Crippen LogP) is 4.17. The Hall–Kier alpha value is -1.55. The van der Waals surface area contributed by atoms with Crippen molar-refractivity contribution in [2.75, 3.05) is 6.54 Å². The van der Waals surface area contributed by atoms with Crippen molar-refractivity contribution in [1.29, 1.82) is 0 Å². The Morgan fingerprint density at radius 3 is 2.54 bits per heavy atom. The van der Waals surface area contributed by atoms with Crippen LogP contribution in [0.2, 0.25) is 10.0 Å². The number of amides is 1. The Morgan fingerprint density at radius 2 is 1.88 bits per heavy atom. The summed E-state index contributed by atoms with van der Waals surface area (Å²) in [4.78, 5) is 14.7. The molecule has 1 atom stereocenters. The van der Waals surface area contributed by atoms with Crippen LogP contribution in [0.15, 0.2) is 36.4 Å². The topological polar surface area (TPSA) is 40.5 Å². The fourth-order valence-electron chi connectivity index (χ4n) is 3.39. The highest BCUT2D eigenvalue weighted by atomic mass is 35.5. The molecule has 0 saturated carbocycles. The van der Waals surface area contributed by atoms with E-state index in [4.69, 9.17) is 23.2 Å². The summed E-state index contributed by atoms with van der Waals surface area (Å²) in [5.41, 5.74) is 3.88. The average Bonchev–Trinajstić information content (AvgIpc) is 2.58. The number of benzene rings is 2. The van der Waals surface area contributed by atoms with E-state index in [9.17, 15) is 9.90 Å². The van der Waals surface area contributed by atoms with Crippen molar-refractivity contribution in [1.82, 2.24) is 4.90 Å². The van der Waals surface area contributed by atoms with Gasteiger partial charge in [0, 0.05) is 16.6 Å². The van der Waals surface area contributed by atoms with Crippen molar-refractivity contribution in [3.63, 3.8) is 0 Å². The van der Waals surface area contributed by atoms with E-state index in [-0.39, 0.29) is 25.0 Å². The van der Waals surface area contributed by atoms with Crippen molar-refractivity contribution in [2.45, 2.75) is 32.4 Å². The lowest BCUT2D eigenvalue weighted by Gasteiger charge is -2.36. The molecule has 0 saturated heterocycles. The zero-order valence-corrected chi connectivity index (χ0v) is 14.9. The molecule has 1 unspecified atom stereocenters. The molecule has 0 radical (unpaired) electrons. The van der Waals surface area contributed by atoms with Crippen LogP contribution in [0.25, 0.3) is 0 Å². The highest BCUT2D eigenvalue weighted by Crippen LogP contribution is 2.33. The first kappa shape index (κ1) is 17.3. The summed E-state index contributed by atoms with van der Waals surface area (Å²) in [6, 6.07) is 11.1. The number of nitrogens with zero attached hydrogens (tertiary/aromatic N) is 1. The largest absolute Gasteiger partial charge is 0.392 e. The van der Waals surface area contributed by atoms with Gasteiger partial charge in [-0.25, -0.2) is 0 Å². The maximum Gasteiger partial charge on any atom is 0.227 e. The minimum Gasteiger partial charge on any atom is -0.392 e. The van der Waals surface area contributed by atoms with Crippen LogP contribution in [-0.2, 0) is 24.2 Å². The van der Waals surface area contributed by atoms with Crippen molar-refractivity contribution in [2.24, 2.45) is 0 Å². The smallest absolute Gasteiger partial charge is 0.227 e. The predicted molar refractivity (Wildman–Crippen MR) is 96.4 cm³/mol. The van der Waals surface area contributed by atoms with Crippen molar-refractivity contribution in [3.8, 4) is 0 Å². The van der Waals surface area contributed by atoms with E-state index < -0.39 is 0 Å². The number of halogens is 2. The van der Waals surface area contributed by atoms with Gasteiger partial charge in [-0.05, 0) is 47.7 Å². The third-order valence-corrected chi connectivity index (χ3v) is 5.42. The highest BCUT2D eigenvalue weighted by Gasteiger charge is 2.29. The van der Waals surface area contributed by atoms with Gasteiger partial charge in [-0.15, -0.1) is 0 Å². The number of aliphatic hydroxyl groups is 1. The standard InChI is InChI=1S/C19H19Cl2NO2/c1-12-14-5-2-4-13(11-23)15(14)8-9-22(12)19(24)10-16-17(20)6-3-7-18(16)21/h2-7,12,23H,8-11H2,1H3. The number of hydrogen-bond donors (Lipinski definition) is 1. The molecule has 0 fully saturated rings. The minimum atomic E-state index is -0.0333. The molecule has 24 heavy (non-hydrogen) atoms. The summed E-state index contributed by atoms with van der Waals surface area (Å²) in [6.45, 7) is 2.68. The lowest BCUT2D eigenvalue weighted by molar-refractivity contribution is -0.133. The van der Waals surface area contributed by atoms with Crippen LogP contribution in [0.4, 0.5) is 0 Å². The van der Waals surface area contributed by atoms with E-state index >= 15 is 0 Å². The summed E-state index contributed by atoms with van der Waals surface area (Å²) in [6.07, 6.45) is 0.941. The van der Waals surface area contributed by atoms with Gasteiger partial charge >= 0.3 is 0 Å². The molecule has 1 heterocycles. The Bertz CT molecular complexity index is 756. The van der Waals surface area contributed by atoms with E-state index in [1.807, 2.05) is 30.0 Å². The van der Waals surface area contributed by atoms with Crippen LogP contribution in [-0.4, -0.2) is 22.5 Å². The number of hydrogen-bond acceptors (Lipinski definition) is 2. The minimum absolute atomic E-state index is 0.0116. The first-order valence-electron chi connectivity index (χ1n) is 7.96. The molecule has 0 aliphatic carbocycles. The van der Waals surface area contributed by atoms with E-state index in [1.54, 1.807) is 18.2 Å². The van der Waals surface area contributed by atoms with Crippen LogP contribution >= 0.6 is 23.2 Å². The number of rotatable bonds is 3. The SMILES string of the molecule is CC1c2cccc(CO)c2CCN1C(=O)Cc1c(Cl)cccc1Cl. The van der Waals surface area contributed by atoms with Gasteiger partial charge in [0.15, 0.2) is 0 Å². The maximum absolute atomic E-state index is 12.8. The molecule has 126 valence electrons. The third-order valence-electron chi connectivity index (χ3n) is 4.71. The maximum atomic E-state index is 12.8. The van der Waals surface area contributed by atoms with Gasteiger partial charge < -0.3 is 10.0 Å². The normalized spacial score (nSPS) is 16.8. The summed E-state index contributed by atoms with van der Waals surface area (Å²) in [5.74, 6) is 0.0116. The first-order chi connectivity index (χ1) is 11.5. The molecule has 3 rings (SSSR count). The molecular formula is C19H19Cl2NO2. The summed E-state index contributed by atoms with van der Waals surface area (Å²) in [7, 11) is 0. The van der Waals surface area contributed by atoms with Crippen LogP contribution in [0, 0.1) is 0 Å². The highest BCUT2D eigenvalue weighted by molar-refractivity contribution is 6.36. The second-order valence-corrected chi connectivity index (χ2v) is 6.85. The van der Waals surface area contributed by atoms with E-state index in [0.717, 1.165) is 23.1 Å². The second-order valence-electron chi connectivity index (χ2n) is 6.03. The second kappa shape index (κ2) is 7.14. The molecule has 1 aliphatic rings. The summed E-state index contributed by atoms with van der Waals surface area (Å²) < 4.78 is 0. The average molecular weight is 364 g/mol. The van der Waals surface area contributed by atoms with Gasteiger partial charge in [-0.2, -0.15) is 0 Å². The summed E-state index contributed by atoms with van der Waals surface area (Å²) in [5, 5.41) is 10.5. The molecule has 0 aromatic heterocycles. The Kier molecular flexibility index (Phi) is 5.14. The Labute approximate surface area is 151 Å². The van der Waals surface area contributed by atoms with Crippen molar-refractivity contribution in [3.05, 3.63) is 68.7 Å².